The lowest BCUT2D eigenvalue weighted by Crippen LogP contribution is -2.29. The molecule has 0 aliphatic carbocycles. The number of nitrogens with zero attached hydrogens (tertiary/aromatic N) is 5. The van der Waals surface area contributed by atoms with Crippen molar-refractivity contribution in [2.24, 2.45) is 0 Å². The lowest BCUT2D eigenvalue weighted by atomic mass is 10.1. The molecule has 152 valence electrons. The van der Waals surface area contributed by atoms with E-state index in [9.17, 15) is 4.79 Å². The van der Waals surface area contributed by atoms with Gasteiger partial charge in [0, 0.05) is 43.0 Å². The van der Waals surface area contributed by atoms with Gasteiger partial charge in [0.25, 0.3) is 5.91 Å². The first-order valence-corrected chi connectivity index (χ1v) is 10.9. The number of carbonyl (C=O) groups is 1. The van der Waals surface area contributed by atoms with Crippen LogP contribution in [0.5, 0.6) is 0 Å². The number of aryl methyl sites for hydroxylation is 4. The average molecular weight is 411 g/mol. The highest BCUT2D eigenvalue weighted by molar-refractivity contribution is 7.15. The number of anilines is 2. The van der Waals surface area contributed by atoms with Gasteiger partial charge in [-0.25, -0.2) is 0 Å². The van der Waals surface area contributed by atoms with Crippen LogP contribution in [0.25, 0.3) is 0 Å². The summed E-state index contributed by atoms with van der Waals surface area (Å²) in [5, 5.41) is 17.1. The third-order valence-electron chi connectivity index (χ3n) is 5.16. The van der Waals surface area contributed by atoms with Gasteiger partial charge in [-0.05, 0) is 57.4 Å². The lowest BCUT2D eigenvalue weighted by molar-refractivity contribution is 0.102. The third-order valence-corrected chi connectivity index (χ3v) is 6.06. The minimum atomic E-state index is -0.148. The molecule has 1 saturated heterocycles. The summed E-state index contributed by atoms with van der Waals surface area (Å²) in [5.74, 6) is -0.148. The van der Waals surface area contributed by atoms with Gasteiger partial charge >= 0.3 is 0 Å². The van der Waals surface area contributed by atoms with Crippen LogP contribution >= 0.6 is 11.3 Å². The van der Waals surface area contributed by atoms with Crippen LogP contribution in [0.15, 0.2) is 30.3 Å². The molecule has 0 atom stereocenters. The van der Waals surface area contributed by atoms with Crippen LogP contribution in [0.3, 0.4) is 0 Å². The fourth-order valence-corrected chi connectivity index (χ4v) is 4.40. The molecule has 2 aromatic heterocycles. The van der Waals surface area contributed by atoms with Crippen molar-refractivity contribution < 1.29 is 4.79 Å². The smallest absolute Gasteiger partial charge is 0.257 e. The average Bonchev–Trinajstić information content (AvgIpc) is 3.32. The second-order valence-electron chi connectivity index (χ2n) is 7.45. The Labute approximate surface area is 174 Å². The van der Waals surface area contributed by atoms with Gasteiger partial charge in [0.05, 0.1) is 5.69 Å². The molecule has 29 heavy (non-hydrogen) atoms. The van der Waals surface area contributed by atoms with E-state index in [0.29, 0.717) is 10.7 Å². The summed E-state index contributed by atoms with van der Waals surface area (Å²) in [6.07, 6.45) is 4.44. The molecule has 3 heterocycles. The zero-order chi connectivity index (χ0) is 20.2. The summed E-state index contributed by atoms with van der Waals surface area (Å²) in [5.41, 5.74) is 3.90. The van der Waals surface area contributed by atoms with Gasteiger partial charge < -0.3 is 4.90 Å². The zero-order valence-corrected chi connectivity index (χ0v) is 17.7. The van der Waals surface area contributed by atoms with E-state index >= 15 is 0 Å². The molecule has 1 amide bonds. The van der Waals surface area contributed by atoms with Gasteiger partial charge in [-0.2, -0.15) is 5.10 Å². The number of rotatable bonds is 6. The first-order chi connectivity index (χ1) is 14.1. The Hall–Kier alpha value is -2.74. The summed E-state index contributed by atoms with van der Waals surface area (Å²) >= 11 is 1.41. The standard InChI is InChI=1S/C21H26N6OS/c1-15-13-16(2)27(25-15)12-9-19-23-24-21(29-19)22-20(28)17-7-6-8-18(14-17)26-10-4-3-5-11-26/h6-8,13-14H,3-5,9-12H2,1-2H3,(H,22,24,28). The van der Waals surface area contributed by atoms with E-state index in [1.54, 1.807) is 0 Å². The summed E-state index contributed by atoms with van der Waals surface area (Å²) < 4.78 is 1.97. The minimum absolute atomic E-state index is 0.148. The van der Waals surface area contributed by atoms with E-state index in [1.807, 2.05) is 36.7 Å². The van der Waals surface area contributed by atoms with Crippen LogP contribution in [0.4, 0.5) is 10.8 Å². The second-order valence-corrected chi connectivity index (χ2v) is 8.52. The highest BCUT2D eigenvalue weighted by Gasteiger charge is 2.15. The van der Waals surface area contributed by atoms with Crippen LogP contribution in [-0.2, 0) is 13.0 Å². The van der Waals surface area contributed by atoms with E-state index in [2.05, 4.69) is 37.6 Å². The lowest BCUT2D eigenvalue weighted by Gasteiger charge is -2.29. The topological polar surface area (TPSA) is 75.9 Å². The van der Waals surface area contributed by atoms with Crippen molar-refractivity contribution in [3.63, 3.8) is 0 Å². The van der Waals surface area contributed by atoms with Gasteiger partial charge in [-0.1, -0.05) is 17.4 Å². The van der Waals surface area contributed by atoms with Gasteiger partial charge in [0.15, 0.2) is 0 Å². The van der Waals surface area contributed by atoms with E-state index in [4.69, 9.17) is 0 Å². The van der Waals surface area contributed by atoms with Crippen LogP contribution in [-0.4, -0.2) is 39.0 Å². The number of hydrogen-bond acceptors (Lipinski definition) is 6. The Balaban J connectivity index is 1.37. The summed E-state index contributed by atoms with van der Waals surface area (Å²) in [6, 6.07) is 9.88. The molecule has 1 fully saturated rings. The van der Waals surface area contributed by atoms with E-state index in [-0.39, 0.29) is 5.91 Å². The summed E-state index contributed by atoms with van der Waals surface area (Å²) in [4.78, 5) is 15.0. The number of piperidine rings is 1. The molecule has 0 bridgehead atoms. The molecule has 0 radical (unpaired) electrons. The van der Waals surface area contributed by atoms with Crippen LogP contribution < -0.4 is 10.2 Å². The van der Waals surface area contributed by atoms with Crippen LogP contribution in [0, 0.1) is 13.8 Å². The molecular formula is C21H26N6OS. The van der Waals surface area contributed by atoms with E-state index in [1.165, 1.54) is 30.6 Å². The number of aromatic nitrogens is 4. The van der Waals surface area contributed by atoms with Gasteiger partial charge in [-0.15, -0.1) is 10.2 Å². The molecule has 0 spiro atoms. The van der Waals surface area contributed by atoms with Gasteiger partial charge in [0.1, 0.15) is 5.01 Å². The Morgan fingerprint density at radius 2 is 1.97 bits per heavy atom. The number of hydrogen-bond donors (Lipinski definition) is 1. The molecular weight excluding hydrogens is 384 g/mol. The number of amides is 1. The van der Waals surface area contributed by atoms with Crippen molar-refractivity contribution in [1.29, 1.82) is 0 Å². The maximum atomic E-state index is 12.7. The molecule has 4 rings (SSSR count). The third kappa shape index (κ3) is 4.82. The SMILES string of the molecule is Cc1cc(C)n(CCc2nnc(NC(=O)c3cccc(N4CCCCC4)c3)s2)n1. The van der Waals surface area contributed by atoms with Gasteiger partial charge in [-0.3, -0.25) is 14.8 Å². The van der Waals surface area contributed by atoms with Crippen molar-refractivity contribution in [3.05, 3.63) is 52.3 Å². The summed E-state index contributed by atoms with van der Waals surface area (Å²) in [6.45, 7) is 6.90. The van der Waals surface area contributed by atoms with Crippen LogP contribution in [0.1, 0.15) is 46.0 Å². The highest BCUT2D eigenvalue weighted by atomic mass is 32.1. The number of benzene rings is 1. The van der Waals surface area contributed by atoms with E-state index in [0.717, 1.165) is 48.1 Å². The second kappa shape index (κ2) is 8.73. The Kier molecular flexibility index (Phi) is 5.89. The minimum Gasteiger partial charge on any atom is -0.372 e. The fourth-order valence-electron chi connectivity index (χ4n) is 3.67. The molecule has 0 unspecified atom stereocenters. The van der Waals surface area contributed by atoms with E-state index < -0.39 is 0 Å². The molecule has 0 saturated carbocycles. The van der Waals surface area contributed by atoms with Crippen molar-refractivity contribution in [3.8, 4) is 0 Å². The molecule has 3 aromatic rings. The van der Waals surface area contributed by atoms with Crippen LogP contribution in [0.2, 0.25) is 0 Å². The maximum Gasteiger partial charge on any atom is 0.257 e. The predicted molar refractivity (Wildman–Crippen MR) is 116 cm³/mol. The molecule has 1 N–H and O–H groups in total. The van der Waals surface area contributed by atoms with Crippen molar-refractivity contribution in [1.82, 2.24) is 20.0 Å². The first-order valence-electron chi connectivity index (χ1n) is 10.1. The Morgan fingerprint density at radius 1 is 1.14 bits per heavy atom. The first kappa shape index (κ1) is 19.6. The van der Waals surface area contributed by atoms with Crippen molar-refractivity contribution in [2.45, 2.75) is 46.1 Å². The molecule has 1 aliphatic heterocycles. The quantitative estimate of drug-likeness (QED) is 0.668. The maximum absolute atomic E-state index is 12.7. The number of nitrogens with one attached hydrogen (secondary N) is 1. The molecule has 8 heteroatoms. The fraction of sp³-hybridized carbons (Fsp3) is 0.429. The molecule has 1 aliphatic rings. The monoisotopic (exact) mass is 410 g/mol. The Morgan fingerprint density at radius 3 is 2.72 bits per heavy atom. The molecule has 7 nitrogen and oxygen atoms in total. The summed E-state index contributed by atoms with van der Waals surface area (Å²) in [7, 11) is 0. The van der Waals surface area contributed by atoms with Crippen molar-refractivity contribution in [2.75, 3.05) is 23.3 Å². The number of carbonyl (C=O) groups excluding carboxylic acids is 1. The molecule has 1 aromatic carbocycles. The van der Waals surface area contributed by atoms with Gasteiger partial charge in [0.2, 0.25) is 5.13 Å². The largest absolute Gasteiger partial charge is 0.372 e. The normalized spacial score (nSPS) is 14.2. The predicted octanol–water partition coefficient (Wildman–Crippen LogP) is 3.84. The Bertz CT molecular complexity index is 989. The zero-order valence-electron chi connectivity index (χ0n) is 16.9. The highest BCUT2D eigenvalue weighted by Crippen LogP contribution is 2.22. The van der Waals surface area contributed by atoms with Crippen molar-refractivity contribution >= 4 is 28.1 Å².